The predicted molar refractivity (Wildman–Crippen MR) is 99.1 cm³/mol. The number of benzene rings is 1. The summed E-state index contributed by atoms with van der Waals surface area (Å²) in [7, 11) is 0. The molecule has 0 bridgehead atoms. The fourth-order valence-electron chi connectivity index (χ4n) is 3.17. The minimum Gasteiger partial charge on any atom is -0.292 e. The van der Waals surface area contributed by atoms with Gasteiger partial charge in [-0.1, -0.05) is 30.3 Å². The highest BCUT2D eigenvalue weighted by molar-refractivity contribution is 7.12. The third-order valence-corrected chi connectivity index (χ3v) is 5.79. The van der Waals surface area contributed by atoms with E-state index in [4.69, 9.17) is 4.98 Å². The monoisotopic (exact) mass is 335 g/mol. The maximum absolute atomic E-state index is 4.85. The standard InChI is InChI=1S/C20H21N3S/c1-14-10-18(24-15(14)2)12-23-9-8-17-11-21-20(22-19(17)13-23)16-6-4-3-5-7-16/h3-7,10-11H,8-9,12-13H2,1-2H3. The molecule has 0 radical (unpaired) electrons. The zero-order valence-corrected chi connectivity index (χ0v) is 14.9. The van der Waals surface area contributed by atoms with Crippen molar-refractivity contribution in [3.05, 3.63) is 69.2 Å². The first-order valence-electron chi connectivity index (χ1n) is 8.37. The normalized spacial score (nSPS) is 14.6. The molecule has 0 aliphatic carbocycles. The average molecular weight is 335 g/mol. The minimum atomic E-state index is 0.832. The van der Waals surface area contributed by atoms with Crippen molar-refractivity contribution in [3.8, 4) is 11.4 Å². The van der Waals surface area contributed by atoms with Crippen LogP contribution in [0.1, 0.15) is 26.6 Å². The van der Waals surface area contributed by atoms with Crippen LogP contribution in [0, 0.1) is 13.8 Å². The first-order valence-corrected chi connectivity index (χ1v) is 9.19. The van der Waals surface area contributed by atoms with Gasteiger partial charge in [-0.15, -0.1) is 11.3 Å². The molecule has 0 atom stereocenters. The summed E-state index contributed by atoms with van der Waals surface area (Å²) >= 11 is 1.91. The molecule has 4 rings (SSSR count). The van der Waals surface area contributed by atoms with Crippen LogP contribution in [0.5, 0.6) is 0 Å². The lowest BCUT2D eigenvalue weighted by molar-refractivity contribution is 0.243. The topological polar surface area (TPSA) is 29.0 Å². The van der Waals surface area contributed by atoms with Crippen LogP contribution in [0.15, 0.2) is 42.6 Å². The van der Waals surface area contributed by atoms with Crippen LogP contribution in [-0.2, 0) is 19.5 Å². The first kappa shape index (κ1) is 15.5. The summed E-state index contributed by atoms with van der Waals surface area (Å²) in [5, 5.41) is 0. The van der Waals surface area contributed by atoms with Crippen LogP contribution < -0.4 is 0 Å². The average Bonchev–Trinajstić information content (AvgIpc) is 2.92. The summed E-state index contributed by atoms with van der Waals surface area (Å²) < 4.78 is 0. The third kappa shape index (κ3) is 3.12. The molecule has 3 nitrogen and oxygen atoms in total. The van der Waals surface area contributed by atoms with Gasteiger partial charge in [-0.25, -0.2) is 9.97 Å². The number of nitrogens with zero attached hydrogens (tertiary/aromatic N) is 3. The summed E-state index contributed by atoms with van der Waals surface area (Å²) in [6.45, 7) is 7.41. The highest BCUT2D eigenvalue weighted by atomic mass is 32.1. The van der Waals surface area contributed by atoms with Crippen LogP contribution in [0.2, 0.25) is 0 Å². The molecule has 1 aliphatic rings. The van der Waals surface area contributed by atoms with Gasteiger partial charge in [0.1, 0.15) is 0 Å². The van der Waals surface area contributed by atoms with Gasteiger partial charge < -0.3 is 0 Å². The lowest BCUT2D eigenvalue weighted by Gasteiger charge is -2.27. The fourth-order valence-corrected chi connectivity index (χ4v) is 4.26. The molecule has 0 amide bonds. The summed E-state index contributed by atoms with van der Waals surface area (Å²) in [5.74, 6) is 0.832. The molecule has 122 valence electrons. The Labute approximate surface area is 147 Å². The van der Waals surface area contributed by atoms with Gasteiger partial charge in [0.25, 0.3) is 0 Å². The third-order valence-electron chi connectivity index (χ3n) is 4.65. The van der Waals surface area contributed by atoms with E-state index < -0.39 is 0 Å². The predicted octanol–water partition coefficient (Wildman–Crippen LogP) is 4.38. The second-order valence-electron chi connectivity index (χ2n) is 6.44. The Morgan fingerprint density at radius 2 is 2.00 bits per heavy atom. The zero-order valence-electron chi connectivity index (χ0n) is 14.1. The Kier molecular flexibility index (Phi) is 4.17. The quantitative estimate of drug-likeness (QED) is 0.711. The van der Waals surface area contributed by atoms with Crippen molar-refractivity contribution in [3.63, 3.8) is 0 Å². The van der Waals surface area contributed by atoms with E-state index in [0.29, 0.717) is 0 Å². The number of hydrogen-bond acceptors (Lipinski definition) is 4. The molecule has 3 aromatic rings. The van der Waals surface area contributed by atoms with Crippen LogP contribution in [0.25, 0.3) is 11.4 Å². The molecule has 24 heavy (non-hydrogen) atoms. The van der Waals surface area contributed by atoms with E-state index in [1.807, 2.05) is 35.7 Å². The van der Waals surface area contributed by atoms with Crippen molar-refractivity contribution < 1.29 is 0 Å². The van der Waals surface area contributed by atoms with Gasteiger partial charge in [-0.2, -0.15) is 0 Å². The van der Waals surface area contributed by atoms with Crippen molar-refractivity contribution in [1.29, 1.82) is 0 Å². The van der Waals surface area contributed by atoms with E-state index in [9.17, 15) is 0 Å². The van der Waals surface area contributed by atoms with Gasteiger partial charge in [-0.05, 0) is 37.5 Å². The van der Waals surface area contributed by atoms with Gasteiger partial charge in [-0.3, -0.25) is 4.90 Å². The lowest BCUT2D eigenvalue weighted by atomic mass is 10.1. The molecule has 1 aromatic carbocycles. The second kappa shape index (κ2) is 6.46. The van der Waals surface area contributed by atoms with Crippen LogP contribution in [0.3, 0.4) is 0 Å². The molecule has 0 fully saturated rings. The smallest absolute Gasteiger partial charge is 0.159 e. The summed E-state index contributed by atoms with van der Waals surface area (Å²) in [4.78, 5) is 14.8. The maximum atomic E-state index is 4.85. The number of rotatable bonds is 3. The molecule has 1 aliphatic heterocycles. The van der Waals surface area contributed by atoms with E-state index >= 15 is 0 Å². The molecular formula is C20H21N3S. The van der Waals surface area contributed by atoms with Crippen LogP contribution >= 0.6 is 11.3 Å². The fraction of sp³-hybridized carbons (Fsp3) is 0.300. The molecule has 2 aromatic heterocycles. The molecule has 0 spiro atoms. The second-order valence-corrected chi connectivity index (χ2v) is 7.79. The van der Waals surface area contributed by atoms with E-state index in [0.717, 1.165) is 37.4 Å². The molecule has 0 N–H and O–H groups in total. The first-order chi connectivity index (χ1) is 11.7. The number of thiophene rings is 1. The molecule has 3 heterocycles. The van der Waals surface area contributed by atoms with Crippen molar-refractivity contribution in [2.24, 2.45) is 0 Å². The van der Waals surface area contributed by atoms with Crippen molar-refractivity contribution >= 4 is 11.3 Å². The maximum Gasteiger partial charge on any atom is 0.159 e. The van der Waals surface area contributed by atoms with Crippen molar-refractivity contribution in [1.82, 2.24) is 14.9 Å². The number of fused-ring (bicyclic) bond motifs is 1. The van der Waals surface area contributed by atoms with Gasteiger partial charge in [0.05, 0.1) is 5.69 Å². The molecule has 4 heteroatoms. The highest BCUT2D eigenvalue weighted by Gasteiger charge is 2.19. The number of aryl methyl sites for hydroxylation is 2. The Morgan fingerprint density at radius 1 is 1.17 bits per heavy atom. The molecular weight excluding hydrogens is 314 g/mol. The summed E-state index contributed by atoms with van der Waals surface area (Å²) in [6.07, 6.45) is 3.05. The summed E-state index contributed by atoms with van der Waals surface area (Å²) in [5.41, 5.74) is 4.97. The Balaban J connectivity index is 1.55. The number of aromatic nitrogens is 2. The molecule has 0 saturated carbocycles. The van der Waals surface area contributed by atoms with E-state index in [1.165, 1.54) is 26.6 Å². The van der Waals surface area contributed by atoms with Crippen LogP contribution in [0.4, 0.5) is 0 Å². The summed E-state index contributed by atoms with van der Waals surface area (Å²) in [6, 6.07) is 12.6. The SMILES string of the molecule is Cc1cc(CN2CCc3cnc(-c4ccccc4)nc3C2)sc1C. The van der Waals surface area contributed by atoms with Gasteiger partial charge in [0.15, 0.2) is 5.82 Å². The highest BCUT2D eigenvalue weighted by Crippen LogP contribution is 2.25. The van der Waals surface area contributed by atoms with Crippen LogP contribution in [-0.4, -0.2) is 21.4 Å². The van der Waals surface area contributed by atoms with Crippen molar-refractivity contribution in [2.45, 2.75) is 33.4 Å². The Morgan fingerprint density at radius 3 is 2.75 bits per heavy atom. The van der Waals surface area contributed by atoms with Crippen molar-refractivity contribution in [2.75, 3.05) is 6.54 Å². The zero-order chi connectivity index (χ0) is 16.5. The minimum absolute atomic E-state index is 0.832. The lowest BCUT2D eigenvalue weighted by Crippen LogP contribution is -2.30. The van der Waals surface area contributed by atoms with E-state index in [1.54, 1.807) is 0 Å². The number of hydrogen-bond donors (Lipinski definition) is 0. The largest absolute Gasteiger partial charge is 0.292 e. The Hall–Kier alpha value is -2.04. The molecule has 0 saturated heterocycles. The molecule has 0 unspecified atom stereocenters. The van der Waals surface area contributed by atoms with Gasteiger partial charge >= 0.3 is 0 Å². The van der Waals surface area contributed by atoms with Gasteiger partial charge in [0.2, 0.25) is 0 Å². The van der Waals surface area contributed by atoms with Gasteiger partial charge in [0, 0.05) is 41.1 Å². The van der Waals surface area contributed by atoms with E-state index in [-0.39, 0.29) is 0 Å². The Bertz CT molecular complexity index is 835. The van der Waals surface area contributed by atoms with E-state index in [2.05, 4.69) is 41.9 Å².